The number of hydrogen-bond donors (Lipinski definition) is 1. The van der Waals surface area contributed by atoms with Crippen LogP contribution in [0.4, 0.5) is 0 Å². The van der Waals surface area contributed by atoms with Crippen molar-refractivity contribution < 1.29 is 9.53 Å². The van der Waals surface area contributed by atoms with E-state index in [0.717, 1.165) is 57.3 Å². The zero-order valence-electron chi connectivity index (χ0n) is 20.1. The second kappa shape index (κ2) is 10.3. The number of ether oxygens (including phenoxy) is 1. The highest BCUT2D eigenvalue weighted by atomic mass is 35.5. The number of nitrogens with zero attached hydrogens (tertiary/aromatic N) is 2. The summed E-state index contributed by atoms with van der Waals surface area (Å²) in [5.41, 5.74) is 5.75. The van der Waals surface area contributed by atoms with E-state index >= 15 is 0 Å². The molecule has 1 atom stereocenters. The maximum Gasteiger partial charge on any atom is 0.252 e. The number of amides is 1. The van der Waals surface area contributed by atoms with Gasteiger partial charge in [0, 0.05) is 17.1 Å². The molecule has 34 heavy (non-hydrogen) atoms. The van der Waals surface area contributed by atoms with Gasteiger partial charge in [0.2, 0.25) is 0 Å². The fourth-order valence-electron chi connectivity index (χ4n) is 4.19. The molecule has 0 radical (unpaired) electrons. The van der Waals surface area contributed by atoms with E-state index in [9.17, 15) is 4.79 Å². The molecule has 6 heteroatoms. The fraction of sp³-hybridized carbons (Fsp3) is 0.286. The van der Waals surface area contributed by atoms with Crippen LogP contribution in [0.1, 0.15) is 52.3 Å². The van der Waals surface area contributed by atoms with Crippen LogP contribution in [0.15, 0.2) is 60.7 Å². The monoisotopic (exact) mass is 475 g/mol. The Hall–Kier alpha value is -3.31. The van der Waals surface area contributed by atoms with E-state index in [0.29, 0.717) is 12.2 Å². The number of para-hydroxylation sites is 2. The normalized spacial score (nSPS) is 12.0. The Morgan fingerprint density at radius 3 is 2.62 bits per heavy atom. The third-order valence-corrected chi connectivity index (χ3v) is 6.39. The van der Waals surface area contributed by atoms with Gasteiger partial charge in [-0.25, -0.2) is 4.98 Å². The van der Waals surface area contributed by atoms with Crippen LogP contribution in [0.3, 0.4) is 0 Å². The minimum atomic E-state index is -0.250. The summed E-state index contributed by atoms with van der Waals surface area (Å²) < 4.78 is 8.11. The van der Waals surface area contributed by atoms with E-state index in [1.807, 2.05) is 82.3 Å². The van der Waals surface area contributed by atoms with E-state index in [1.54, 1.807) is 0 Å². The summed E-state index contributed by atoms with van der Waals surface area (Å²) in [5.74, 6) is 1.55. The number of carbonyl (C=O) groups is 1. The summed E-state index contributed by atoms with van der Waals surface area (Å²) in [6, 6.07) is 19.4. The van der Waals surface area contributed by atoms with Gasteiger partial charge in [0.25, 0.3) is 5.91 Å². The van der Waals surface area contributed by atoms with E-state index in [1.165, 1.54) is 0 Å². The number of hydrogen-bond acceptors (Lipinski definition) is 3. The van der Waals surface area contributed by atoms with Gasteiger partial charge >= 0.3 is 0 Å². The lowest BCUT2D eigenvalue weighted by Crippen LogP contribution is -2.29. The molecule has 0 aliphatic heterocycles. The van der Waals surface area contributed by atoms with Gasteiger partial charge < -0.3 is 14.6 Å². The van der Waals surface area contributed by atoms with Gasteiger partial charge in [0.15, 0.2) is 0 Å². The lowest BCUT2D eigenvalue weighted by atomic mass is 10.0. The van der Waals surface area contributed by atoms with Gasteiger partial charge in [-0.15, -0.1) is 0 Å². The average Bonchev–Trinajstić information content (AvgIpc) is 3.17. The molecular formula is C28H30ClN3O2. The number of carbonyl (C=O) groups excluding carboxylic acids is 1. The van der Waals surface area contributed by atoms with Gasteiger partial charge in [-0.1, -0.05) is 41.4 Å². The average molecular weight is 476 g/mol. The molecule has 1 aromatic heterocycles. The number of aryl methyl sites for hydroxylation is 4. The summed E-state index contributed by atoms with van der Waals surface area (Å²) in [6.45, 7) is 9.23. The third kappa shape index (κ3) is 5.26. The van der Waals surface area contributed by atoms with Crippen molar-refractivity contribution in [3.05, 3.63) is 93.8 Å². The molecule has 4 aromatic rings. The number of imidazole rings is 1. The first-order chi connectivity index (χ1) is 16.3. The highest BCUT2D eigenvalue weighted by Crippen LogP contribution is 2.23. The summed E-state index contributed by atoms with van der Waals surface area (Å²) in [4.78, 5) is 17.8. The smallest absolute Gasteiger partial charge is 0.252 e. The number of aromatic nitrogens is 2. The standard InChI is InChI=1S/C28H30ClN3O2/c1-18-10-12-23(19(2)16-18)28(33)30-21(4)27-31-25-8-5-6-9-26(25)32(27)14-7-15-34-22-11-13-24(29)20(3)17-22/h5-6,8-13,16-17,21H,7,14-15H2,1-4H3,(H,30,33). The molecule has 0 saturated carbocycles. The molecule has 1 N–H and O–H groups in total. The Bertz CT molecular complexity index is 1330. The Morgan fingerprint density at radius 1 is 1.06 bits per heavy atom. The summed E-state index contributed by atoms with van der Waals surface area (Å²) in [7, 11) is 0. The predicted molar refractivity (Wildman–Crippen MR) is 138 cm³/mol. The molecule has 0 fully saturated rings. The summed E-state index contributed by atoms with van der Waals surface area (Å²) in [5, 5.41) is 3.87. The highest BCUT2D eigenvalue weighted by Gasteiger charge is 2.20. The Kier molecular flexibility index (Phi) is 7.23. The Morgan fingerprint density at radius 2 is 1.85 bits per heavy atom. The van der Waals surface area contributed by atoms with Crippen molar-refractivity contribution in [1.82, 2.24) is 14.9 Å². The van der Waals surface area contributed by atoms with Crippen molar-refractivity contribution in [3.63, 3.8) is 0 Å². The first-order valence-corrected chi connectivity index (χ1v) is 11.9. The number of benzene rings is 3. The van der Waals surface area contributed by atoms with Crippen LogP contribution in [0, 0.1) is 20.8 Å². The van der Waals surface area contributed by atoms with Crippen molar-refractivity contribution >= 4 is 28.5 Å². The van der Waals surface area contributed by atoms with Crippen molar-refractivity contribution in [1.29, 1.82) is 0 Å². The van der Waals surface area contributed by atoms with Crippen molar-refractivity contribution in [2.75, 3.05) is 6.61 Å². The molecule has 3 aromatic carbocycles. The Labute approximate surface area is 205 Å². The van der Waals surface area contributed by atoms with E-state index in [-0.39, 0.29) is 11.9 Å². The molecule has 0 aliphatic rings. The third-order valence-electron chi connectivity index (χ3n) is 5.97. The molecule has 4 rings (SSSR count). The van der Waals surface area contributed by atoms with Gasteiger partial charge in [-0.3, -0.25) is 4.79 Å². The zero-order valence-corrected chi connectivity index (χ0v) is 20.8. The van der Waals surface area contributed by atoms with E-state index < -0.39 is 0 Å². The fourth-order valence-corrected chi connectivity index (χ4v) is 4.30. The molecule has 1 unspecified atom stereocenters. The molecular weight excluding hydrogens is 446 g/mol. The van der Waals surface area contributed by atoms with Gasteiger partial charge in [-0.2, -0.15) is 0 Å². The first-order valence-electron chi connectivity index (χ1n) is 11.6. The SMILES string of the molecule is Cc1ccc(C(=O)NC(C)c2nc3ccccc3n2CCCOc2ccc(Cl)c(C)c2)c(C)c1. The quantitative estimate of drug-likeness (QED) is 0.293. The minimum absolute atomic E-state index is 0.0925. The maximum atomic E-state index is 13.0. The number of fused-ring (bicyclic) bond motifs is 1. The molecule has 1 amide bonds. The van der Waals surface area contributed by atoms with E-state index in [4.69, 9.17) is 21.3 Å². The molecule has 0 aliphatic carbocycles. The first kappa shape index (κ1) is 23.8. The summed E-state index contributed by atoms with van der Waals surface area (Å²) in [6.07, 6.45) is 0.798. The van der Waals surface area contributed by atoms with Crippen LogP contribution in [-0.2, 0) is 6.54 Å². The minimum Gasteiger partial charge on any atom is -0.494 e. The lowest BCUT2D eigenvalue weighted by Gasteiger charge is -2.17. The van der Waals surface area contributed by atoms with Crippen molar-refractivity contribution in [3.8, 4) is 5.75 Å². The number of nitrogens with one attached hydrogen (secondary N) is 1. The second-order valence-electron chi connectivity index (χ2n) is 8.74. The number of halogens is 1. The molecule has 0 bridgehead atoms. The van der Waals surface area contributed by atoms with Crippen LogP contribution in [0.2, 0.25) is 5.02 Å². The zero-order chi connectivity index (χ0) is 24.2. The molecule has 0 saturated heterocycles. The van der Waals surface area contributed by atoms with Gasteiger partial charge in [-0.05, 0) is 81.6 Å². The van der Waals surface area contributed by atoms with Crippen molar-refractivity contribution in [2.45, 2.75) is 46.7 Å². The predicted octanol–water partition coefficient (Wildman–Crippen LogP) is 6.58. The van der Waals surface area contributed by atoms with Crippen LogP contribution in [0.25, 0.3) is 11.0 Å². The van der Waals surface area contributed by atoms with E-state index in [2.05, 4.69) is 16.0 Å². The maximum absolute atomic E-state index is 13.0. The molecule has 5 nitrogen and oxygen atoms in total. The van der Waals surface area contributed by atoms with Crippen LogP contribution >= 0.6 is 11.6 Å². The van der Waals surface area contributed by atoms with Gasteiger partial charge in [0.05, 0.1) is 23.7 Å². The topological polar surface area (TPSA) is 56.2 Å². The summed E-state index contributed by atoms with van der Waals surface area (Å²) >= 11 is 6.11. The highest BCUT2D eigenvalue weighted by molar-refractivity contribution is 6.31. The largest absolute Gasteiger partial charge is 0.494 e. The van der Waals surface area contributed by atoms with Crippen LogP contribution in [-0.4, -0.2) is 22.1 Å². The van der Waals surface area contributed by atoms with Crippen LogP contribution < -0.4 is 10.1 Å². The number of rotatable bonds is 8. The lowest BCUT2D eigenvalue weighted by molar-refractivity contribution is 0.0937. The molecule has 176 valence electrons. The Balaban J connectivity index is 1.48. The van der Waals surface area contributed by atoms with Gasteiger partial charge in [0.1, 0.15) is 11.6 Å². The molecule has 1 heterocycles. The van der Waals surface area contributed by atoms with Crippen molar-refractivity contribution in [2.24, 2.45) is 0 Å². The molecule has 0 spiro atoms. The second-order valence-corrected chi connectivity index (χ2v) is 9.14. The van der Waals surface area contributed by atoms with Crippen LogP contribution in [0.5, 0.6) is 5.75 Å².